The summed E-state index contributed by atoms with van der Waals surface area (Å²) >= 11 is 3.19. The van der Waals surface area contributed by atoms with Crippen LogP contribution in [-0.4, -0.2) is 24.0 Å². The molecule has 7 nitrogen and oxygen atoms in total. The molecule has 120 valence electrons. The van der Waals surface area contributed by atoms with E-state index in [4.69, 9.17) is 18.3 Å². The van der Waals surface area contributed by atoms with E-state index in [1.54, 1.807) is 44.6 Å². The highest BCUT2D eigenvalue weighted by molar-refractivity contribution is 9.10. The minimum Gasteiger partial charge on any atom is -0.497 e. The number of furan rings is 1. The van der Waals surface area contributed by atoms with Gasteiger partial charge < -0.3 is 18.3 Å². The molecule has 0 amide bonds. The summed E-state index contributed by atoms with van der Waals surface area (Å²) in [4.78, 5) is 12.0. The van der Waals surface area contributed by atoms with E-state index < -0.39 is 5.76 Å². The Hall–Kier alpha value is -2.48. The molecule has 2 aromatic heterocycles. The lowest BCUT2D eigenvalue weighted by atomic mass is 10.2. The van der Waals surface area contributed by atoms with Gasteiger partial charge in [0.1, 0.15) is 11.5 Å². The molecule has 0 bridgehead atoms. The molecule has 3 aromatic rings. The Balaban J connectivity index is 1.91. The van der Waals surface area contributed by atoms with Gasteiger partial charge in [-0.1, -0.05) is 0 Å². The van der Waals surface area contributed by atoms with Crippen molar-refractivity contribution >= 4 is 15.9 Å². The highest BCUT2D eigenvalue weighted by atomic mass is 79.9. The second-order valence-corrected chi connectivity index (χ2v) is 5.44. The van der Waals surface area contributed by atoms with E-state index in [9.17, 15) is 4.79 Å². The zero-order valence-electron chi connectivity index (χ0n) is 12.4. The summed E-state index contributed by atoms with van der Waals surface area (Å²) in [7, 11) is 3.13. The van der Waals surface area contributed by atoms with Crippen molar-refractivity contribution in [1.29, 1.82) is 0 Å². The zero-order valence-corrected chi connectivity index (χ0v) is 14.0. The van der Waals surface area contributed by atoms with Crippen molar-refractivity contribution in [2.24, 2.45) is 0 Å². The number of hydrogen-bond donors (Lipinski definition) is 0. The number of halogens is 1. The molecule has 0 saturated carbocycles. The number of methoxy groups -OCH3 is 2. The molecule has 0 unspecified atom stereocenters. The van der Waals surface area contributed by atoms with Crippen molar-refractivity contribution in [1.82, 2.24) is 9.78 Å². The second kappa shape index (κ2) is 6.33. The third-order valence-corrected chi connectivity index (χ3v) is 3.56. The van der Waals surface area contributed by atoms with E-state index in [1.807, 2.05) is 0 Å². The Bertz CT molecular complexity index is 858. The Morgan fingerprint density at radius 2 is 1.83 bits per heavy atom. The monoisotopic (exact) mass is 380 g/mol. The van der Waals surface area contributed by atoms with Gasteiger partial charge in [-0.25, -0.2) is 4.79 Å². The minimum atomic E-state index is -0.575. The minimum absolute atomic E-state index is 0.121. The lowest BCUT2D eigenvalue weighted by molar-refractivity contribution is 0.392. The summed E-state index contributed by atoms with van der Waals surface area (Å²) in [6, 6.07) is 8.70. The summed E-state index contributed by atoms with van der Waals surface area (Å²) in [6.45, 7) is 0.220. The molecular formula is C15H13BrN2O5. The van der Waals surface area contributed by atoms with Gasteiger partial charge in [-0.3, -0.25) is 0 Å². The molecule has 0 atom stereocenters. The maximum absolute atomic E-state index is 12.0. The van der Waals surface area contributed by atoms with Crippen LogP contribution >= 0.6 is 15.9 Å². The van der Waals surface area contributed by atoms with Crippen LogP contribution in [0.25, 0.3) is 11.7 Å². The standard InChI is InChI=1S/C15H13BrN2O5/c1-20-10-5-9(6-11(7-10)21-2)8-18-15(19)23-14(17-18)12-3-4-13(16)22-12/h3-7H,8H2,1-2H3. The lowest BCUT2D eigenvalue weighted by Gasteiger charge is -2.07. The molecule has 0 aliphatic heterocycles. The van der Waals surface area contributed by atoms with Gasteiger partial charge in [0.25, 0.3) is 5.89 Å². The first kappa shape index (κ1) is 15.4. The first-order valence-corrected chi connectivity index (χ1v) is 7.44. The molecule has 0 aliphatic carbocycles. The van der Waals surface area contributed by atoms with E-state index in [0.717, 1.165) is 5.56 Å². The van der Waals surface area contributed by atoms with Gasteiger partial charge in [0, 0.05) is 6.07 Å². The topological polar surface area (TPSA) is 79.6 Å². The fraction of sp³-hybridized carbons (Fsp3) is 0.200. The molecule has 0 N–H and O–H groups in total. The first-order chi connectivity index (χ1) is 11.1. The Labute approximate surface area is 139 Å². The van der Waals surface area contributed by atoms with Crippen molar-refractivity contribution in [2.75, 3.05) is 14.2 Å². The van der Waals surface area contributed by atoms with E-state index in [0.29, 0.717) is 21.9 Å². The van der Waals surface area contributed by atoms with Gasteiger partial charge >= 0.3 is 5.76 Å². The number of hydrogen-bond acceptors (Lipinski definition) is 6. The highest BCUT2D eigenvalue weighted by Gasteiger charge is 2.14. The lowest BCUT2D eigenvalue weighted by Crippen LogP contribution is -2.16. The summed E-state index contributed by atoms with van der Waals surface area (Å²) in [5.74, 6) is 1.18. The van der Waals surface area contributed by atoms with Gasteiger partial charge in [-0.15, -0.1) is 5.10 Å². The van der Waals surface area contributed by atoms with Crippen LogP contribution < -0.4 is 15.2 Å². The van der Waals surface area contributed by atoms with Crippen molar-refractivity contribution in [3.63, 3.8) is 0 Å². The third kappa shape index (κ3) is 3.31. The third-order valence-electron chi connectivity index (χ3n) is 3.13. The number of ether oxygens (including phenoxy) is 2. The molecule has 3 rings (SSSR count). The maximum atomic E-state index is 12.0. The van der Waals surface area contributed by atoms with E-state index in [2.05, 4.69) is 21.0 Å². The van der Waals surface area contributed by atoms with E-state index in [1.165, 1.54) is 4.68 Å². The molecule has 2 heterocycles. The molecule has 23 heavy (non-hydrogen) atoms. The summed E-state index contributed by atoms with van der Waals surface area (Å²) in [5.41, 5.74) is 0.795. The fourth-order valence-corrected chi connectivity index (χ4v) is 2.37. The fourth-order valence-electron chi connectivity index (χ4n) is 2.07. The van der Waals surface area contributed by atoms with Crippen molar-refractivity contribution in [3.05, 3.63) is 51.1 Å². The molecular weight excluding hydrogens is 368 g/mol. The van der Waals surface area contributed by atoms with Crippen LogP contribution in [0.3, 0.4) is 0 Å². The number of rotatable bonds is 5. The van der Waals surface area contributed by atoms with Crippen LogP contribution in [-0.2, 0) is 6.54 Å². The molecule has 0 saturated heterocycles. The van der Waals surface area contributed by atoms with E-state index >= 15 is 0 Å². The van der Waals surface area contributed by atoms with Gasteiger partial charge in [0.2, 0.25) is 0 Å². The Morgan fingerprint density at radius 1 is 1.13 bits per heavy atom. The van der Waals surface area contributed by atoms with Crippen LogP contribution in [0.15, 0.2) is 48.6 Å². The average molecular weight is 381 g/mol. The van der Waals surface area contributed by atoms with Crippen molar-refractivity contribution in [3.8, 4) is 23.1 Å². The summed E-state index contributed by atoms with van der Waals surface area (Å²) in [5, 5.41) is 4.14. The van der Waals surface area contributed by atoms with Crippen LogP contribution in [0.2, 0.25) is 0 Å². The quantitative estimate of drug-likeness (QED) is 0.676. The number of benzene rings is 1. The second-order valence-electron chi connectivity index (χ2n) is 4.66. The first-order valence-electron chi connectivity index (χ1n) is 6.64. The molecule has 1 aromatic carbocycles. The van der Waals surface area contributed by atoms with Crippen molar-refractivity contribution < 1.29 is 18.3 Å². The van der Waals surface area contributed by atoms with Gasteiger partial charge in [-0.2, -0.15) is 4.68 Å². The smallest absolute Gasteiger partial charge is 0.437 e. The Morgan fingerprint density at radius 3 is 2.39 bits per heavy atom. The molecule has 8 heteroatoms. The molecule has 0 fully saturated rings. The zero-order chi connectivity index (χ0) is 16.4. The van der Waals surface area contributed by atoms with Crippen LogP contribution in [0.4, 0.5) is 0 Å². The summed E-state index contributed by atoms with van der Waals surface area (Å²) < 4.78 is 22.6. The van der Waals surface area contributed by atoms with Crippen LogP contribution in [0.5, 0.6) is 11.5 Å². The average Bonchev–Trinajstić information content (AvgIpc) is 3.13. The largest absolute Gasteiger partial charge is 0.497 e. The predicted octanol–water partition coefficient (Wildman–Crippen LogP) is 2.92. The molecule has 0 spiro atoms. The van der Waals surface area contributed by atoms with Gasteiger partial charge in [0.05, 0.1) is 20.8 Å². The van der Waals surface area contributed by atoms with Crippen LogP contribution in [0.1, 0.15) is 5.56 Å². The molecule has 0 radical (unpaired) electrons. The van der Waals surface area contributed by atoms with Crippen LogP contribution in [0, 0.1) is 0 Å². The summed E-state index contributed by atoms with van der Waals surface area (Å²) in [6.07, 6.45) is 0. The predicted molar refractivity (Wildman–Crippen MR) is 84.8 cm³/mol. The van der Waals surface area contributed by atoms with E-state index in [-0.39, 0.29) is 12.4 Å². The SMILES string of the molecule is COc1cc(Cn2nc(-c3ccc(Br)o3)oc2=O)cc(OC)c1. The van der Waals surface area contributed by atoms with Crippen molar-refractivity contribution in [2.45, 2.75) is 6.54 Å². The Kier molecular flexibility index (Phi) is 4.24. The maximum Gasteiger partial charge on any atom is 0.437 e. The highest BCUT2D eigenvalue weighted by Crippen LogP contribution is 2.24. The number of nitrogens with zero attached hydrogens (tertiary/aromatic N) is 2. The van der Waals surface area contributed by atoms with Gasteiger partial charge in [0.15, 0.2) is 10.4 Å². The number of aromatic nitrogens is 2. The normalized spacial score (nSPS) is 10.7. The molecule has 0 aliphatic rings. The van der Waals surface area contributed by atoms with Gasteiger partial charge in [-0.05, 0) is 45.8 Å².